The third-order valence-corrected chi connectivity index (χ3v) is 2.33. The highest BCUT2D eigenvalue weighted by atomic mass is 16.5. The first-order valence-corrected chi connectivity index (χ1v) is 4.39. The number of rotatable bonds is 4. The van der Waals surface area contributed by atoms with Crippen LogP contribution in [0.2, 0.25) is 0 Å². The van der Waals surface area contributed by atoms with E-state index >= 15 is 0 Å². The molecule has 1 aliphatic heterocycles. The number of ether oxygens (including phenoxy) is 1. The van der Waals surface area contributed by atoms with Gasteiger partial charge < -0.3 is 10.1 Å². The van der Waals surface area contributed by atoms with Crippen LogP contribution in [-0.4, -0.2) is 41.6 Å². The van der Waals surface area contributed by atoms with Gasteiger partial charge in [0.05, 0.1) is 19.8 Å². The van der Waals surface area contributed by atoms with E-state index in [4.69, 9.17) is 4.74 Å². The molecule has 0 saturated carbocycles. The first-order valence-electron chi connectivity index (χ1n) is 4.39. The fraction of sp³-hybridized carbons (Fsp3) is 0.750. The van der Waals surface area contributed by atoms with Crippen LogP contribution >= 0.6 is 0 Å². The molecule has 13 heavy (non-hydrogen) atoms. The average Bonchev–Trinajstić information content (AvgIpc) is 2.53. The summed E-state index contributed by atoms with van der Waals surface area (Å²) in [6.45, 7) is 3.47. The second-order valence-electron chi connectivity index (χ2n) is 3.62. The Labute approximate surface area is 78.6 Å². The lowest BCUT2D eigenvalue weighted by Gasteiger charge is -2.41. The minimum absolute atomic E-state index is 0. The fourth-order valence-electron chi connectivity index (χ4n) is 1.67. The molecule has 0 spiro atoms. The van der Waals surface area contributed by atoms with Crippen LogP contribution in [0.15, 0.2) is 12.7 Å². The van der Waals surface area contributed by atoms with E-state index in [1.165, 1.54) is 0 Å². The highest BCUT2D eigenvalue weighted by molar-refractivity contribution is 4.87. The van der Waals surface area contributed by atoms with Gasteiger partial charge in [-0.05, 0) is 7.05 Å². The van der Waals surface area contributed by atoms with Crippen molar-refractivity contribution in [2.45, 2.75) is 6.54 Å². The zero-order valence-electron chi connectivity index (χ0n) is 7.73. The molecule has 5 heteroatoms. The molecule has 1 saturated heterocycles. The Morgan fingerprint density at radius 1 is 1.69 bits per heavy atom. The van der Waals surface area contributed by atoms with E-state index in [-0.39, 0.29) is 6.84 Å². The Morgan fingerprint density at radius 2 is 2.54 bits per heavy atom. The standard InChI is InChI=1S/C8H14N4O.H2/c1-9-2-8(4-13-5-8)3-12-7-10-6-11-12;/h6-7,9H,2-5H2,1H3;1H. The van der Waals surface area contributed by atoms with E-state index < -0.39 is 0 Å². The van der Waals surface area contributed by atoms with Crippen molar-refractivity contribution in [2.24, 2.45) is 5.41 Å². The van der Waals surface area contributed by atoms with Crippen LogP contribution in [0.5, 0.6) is 0 Å². The van der Waals surface area contributed by atoms with Gasteiger partial charge in [-0.15, -0.1) is 0 Å². The van der Waals surface area contributed by atoms with Gasteiger partial charge in [0.25, 0.3) is 0 Å². The van der Waals surface area contributed by atoms with E-state index in [0.29, 0.717) is 0 Å². The van der Waals surface area contributed by atoms with E-state index in [1.54, 1.807) is 12.7 Å². The van der Waals surface area contributed by atoms with Crippen LogP contribution in [0.25, 0.3) is 0 Å². The summed E-state index contributed by atoms with van der Waals surface area (Å²) in [7, 11) is 1.96. The van der Waals surface area contributed by atoms with Crippen LogP contribution in [0.3, 0.4) is 0 Å². The van der Waals surface area contributed by atoms with Crippen molar-refractivity contribution in [1.29, 1.82) is 0 Å². The third-order valence-electron chi connectivity index (χ3n) is 2.33. The molecule has 2 heterocycles. The summed E-state index contributed by atoms with van der Waals surface area (Å²) in [6.07, 6.45) is 3.31. The van der Waals surface area contributed by atoms with Crippen molar-refractivity contribution in [1.82, 2.24) is 20.1 Å². The molecule has 0 amide bonds. The molecule has 0 aliphatic carbocycles. The number of aromatic nitrogens is 3. The minimum Gasteiger partial charge on any atom is -0.380 e. The van der Waals surface area contributed by atoms with Crippen LogP contribution < -0.4 is 5.32 Å². The summed E-state index contributed by atoms with van der Waals surface area (Å²) in [4.78, 5) is 3.92. The first-order chi connectivity index (χ1) is 6.35. The van der Waals surface area contributed by atoms with E-state index in [0.717, 1.165) is 26.3 Å². The zero-order valence-corrected chi connectivity index (χ0v) is 7.73. The van der Waals surface area contributed by atoms with Gasteiger partial charge in [0.2, 0.25) is 0 Å². The molecule has 1 aromatic heterocycles. The lowest BCUT2D eigenvalue weighted by Crippen LogP contribution is -2.51. The summed E-state index contributed by atoms with van der Waals surface area (Å²) in [6, 6.07) is 0. The molecular weight excluding hydrogens is 168 g/mol. The van der Waals surface area contributed by atoms with Crippen LogP contribution in [-0.2, 0) is 11.3 Å². The van der Waals surface area contributed by atoms with Gasteiger partial charge in [0.15, 0.2) is 0 Å². The SMILES string of the molecule is CNCC1(Cn2cncn2)COC1.[HH]. The molecule has 5 nitrogen and oxygen atoms in total. The molecule has 74 valence electrons. The van der Waals surface area contributed by atoms with E-state index in [1.807, 2.05) is 11.7 Å². The average molecular weight is 184 g/mol. The maximum Gasteiger partial charge on any atom is 0.137 e. The Balaban J connectivity index is 0.000000980. The van der Waals surface area contributed by atoms with Gasteiger partial charge >= 0.3 is 0 Å². The largest absolute Gasteiger partial charge is 0.380 e. The molecule has 1 fully saturated rings. The van der Waals surface area contributed by atoms with Gasteiger partial charge in [-0.25, -0.2) is 4.98 Å². The van der Waals surface area contributed by atoms with Gasteiger partial charge in [-0.3, -0.25) is 4.68 Å². The van der Waals surface area contributed by atoms with Crippen molar-refractivity contribution in [3.8, 4) is 0 Å². The van der Waals surface area contributed by atoms with Gasteiger partial charge in [0, 0.05) is 13.4 Å². The molecule has 0 unspecified atom stereocenters. The lowest BCUT2D eigenvalue weighted by molar-refractivity contribution is -0.120. The topological polar surface area (TPSA) is 52.0 Å². The van der Waals surface area contributed by atoms with E-state index in [2.05, 4.69) is 15.4 Å². The quantitative estimate of drug-likeness (QED) is 0.701. The summed E-state index contributed by atoms with van der Waals surface area (Å²) < 4.78 is 7.10. The highest BCUT2D eigenvalue weighted by Crippen LogP contribution is 2.28. The molecule has 1 aromatic rings. The zero-order chi connectivity index (χ0) is 9.15. The molecule has 2 rings (SSSR count). The first kappa shape index (κ1) is 8.65. The van der Waals surface area contributed by atoms with Gasteiger partial charge in [-0.1, -0.05) is 0 Å². The second kappa shape index (κ2) is 3.43. The van der Waals surface area contributed by atoms with E-state index in [9.17, 15) is 0 Å². The van der Waals surface area contributed by atoms with Crippen LogP contribution in [0.4, 0.5) is 0 Å². The second-order valence-corrected chi connectivity index (χ2v) is 3.62. The van der Waals surface area contributed by atoms with Gasteiger partial charge in [0.1, 0.15) is 12.7 Å². The number of hydrogen-bond acceptors (Lipinski definition) is 4. The molecular formula is C8H16N4O. The highest BCUT2D eigenvalue weighted by Gasteiger charge is 2.38. The molecule has 0 bridgehead atoms. The van der Waals surface area contributed by atoms with Crippen molar-refractivity contribution in [3.63, 3.8) is 0 Å². The molecule has 0 atom stereocenters. The molecule has 0 radical (unpaired) electrons. The van der Waals surface area contributed by atoms with Crippen molar-refractivity contribution < 1.29 is 6.16 Å². The number of nitrogens with one attached hydrogen (secondary N) is 1. The molecule has 1 aliphatic rings. The smallest absolute Gasteiger partial charge is 0.137 e. The maximum atomic E-state index is 5.24. The Bertz CT molecular complexity index is 260. The predicted molar refractivity (Wildman–Crippen MR) is 49.3 cm³/mol. The predicted octanol–water partition coefficient (Wildman–Crippen LogP) is -0.240. The fourth-order valence-corrected chi connectivity index (χ4v) is 1.67. The van der Waals surface area contributed by atoms with Crippen LogP contribution in [0.1, 0.15) is 1.43 Å². The summed E-state index contributed by atoms with van der Waals surface area (Å²) in [5.41, 5.74) is 0.225. The summed E-state index contributed by atoms with van der Waals surface area (Å²) >= 11 is 0. The summed E-state index contributed by atoms with van der Waals surface area (Å²) in [5.74, 6) is 0. The maximum absolute atomic E-state index is 5.24. The molecule has 1 N–H and O–H groups in total. The van der Waals surface area contributed by atoms with Crippen molar-refractivity contribution in [3.05, 3.63) is 12.7 Å². The normalized spacial score (nSPS) is 19.8. The Morgan fingerprint density at radius 3 is 3.00 bits per heavy atom. The van der Waals surface area contributed by atoms with Crippen molar-refractivity contribution in [2.75, 3.05) is 26.8 Å². The Kier molecular flexibility index (Phi) is 2.28. The van der Waals surface area contributed by atoms with Crippen LogP contribution in [0, 0.1) is 5.41 Å². The lowest BCUT2D eigenvalue weighted by atomic mass is 9.86. The Hall–Kier alpha value is -0.940. The molecule has 0 aromatic carbocycles. The number of nitrogens with zero attached hydrogens (tertiary/aromatic N) is 3. The monoisotopic (exact) mass is 184 g/mol. The van der Waals surface area contributed by atoms with Crippen molar-refractivity contribution >= 4 is 0 Å². The minimum atomic E-state index is 0. The number of hydrogen-bond donors (Lipinski definition) is 1. The van der Waals surface area contributed by atoms with Gasteiger partial charge in [-0.2, -0.15) is 5.10 Å². The third kappa shape index (κ3) is 1.71. The summed E-state index contributed by atoms with van der Waals surface area (Å²) in [5, 5.41) is 7.27.